The van der Waals surface area contributed by atoms with E-state index in [1.165, 1.54) is 6.20 Å². The zero-order chi connectivity index (χ0) is 15.0. The summed E-state index contributed by atoms with van der Waals surface area (Å²) in [7, 11) is 1.67. The third-order valence-corrected chi connectivity index (χ3v) is 2.81. The minimum atomic E-state index is -0.390. The second-order valence-corrected chi connectivity index (χ2v) is 4.50. The lowest BCUT2D eigenvalue weighted by Gasteiger charge is -2.17. The molecule has 1 aromatic heterocycles. The van der Waals surface area contributed by atoms with E-state index in [4.69, 9.17) is 9.47 Å². The van der Waals surface area contributed by atoms with Gasteiger partial charge in [-0.05, 0) is 20.3 Å². The Kier molecular flexibility index (Phi) is 6.93. The summed E-state index contributed by atoms with van der Waals surface area (Å²) in [6.45, 7) is 6.58. The van der Waals surface area contributed by atoms with Crippen LogP contribution < -0.4 is 5.32 Å². The van der Waals surface area contributed by atoms with Crippen molar-refractivity contribution in [2.24, 2.45) is 0 Å². The number of methoxy groups -OCH3 is 1. The van der Waals surface area contributed by atoms with Crippen LogP contribution in [-0.2, 0) is 9.47 Å². The molecule has 0 aliphatic heterocycles. The molecular formula is C14H23N3O3. The molecule has 1 atom stereocenters. The molecular weight excluding hydrogens is 258 g/mol. The van der Waals surface area contributed by atoms with E-state index in [0.717, 1.165) is 12.8 Å². The highest BCUT2D eigenvalue weighted by Crippen LogP contribution is 2.11. The Morgan fingerprint density at radius 3 is 2.75 bits per heavy atom. The molecule has 112 valence electrons. The van der Waals surface area contributed by atoms with E-state index in [1.54, 1.807) is 21.0 Å². The summed E-state index contributed by atoms with van der Waals surface area (Å²) in [6, 6.07) is 0.165. The topological polar surface area (TPSA) is 73.3 Å². The van der Waals surface area contributed by atoms with Gasteiger partial charge in [0.05, 0.1) is 30.5 Å². The zero-order valence-corrected chi connectivity index (χ0v) is 12.6. The van der Waals surface area contributed by atoms with Crippen LogP contribution in [0.3, 0.4) is 0 Å². The third kappa shape index (κ3) is 4.77. The first kappa shape index (κ1) is 16.4. The lowest BCUT2D eigenvalue weighted by atomic mass is 10.2. The molecule has 6 heteroatoms. The second kappa shape index (κ2) is 8.47. The summed E-state index contributed by atoms with van der Waals surface area (Å²) in [4.78, 5) is 20.1. The van der Waals surface area contributed by atoms with Gasteiger partial charge in [-0.3, -0.25) is 0 Å². The predicted molar refractivity (Wildman–Crippen MR) is 76.9 cm³/mol. The lowest BCUT2D eigenvalue weighted by Crippen LogP contribution is -2.26. The Morgan fingerprint density at radius 1 is 1.45 bits per heavy atom. The fourth-order valence-electron chi connectivity index (χ4n) is 1.88. The van der Waals surface area contributed by atoms with Crippen LogP contribution in [0.1, 0.15) is 42.7 Å². The Morgan fingerprint density at radius 2 is 2.20 bits per heavy atom. The number of aromatic nitrogens is 2. The zero-order valence-electron chi connectivity index (χ0n) is 12.6. The van der Waals surface area contributed by atoms with Crippen molar-refractivity contribution in [1.82, 2.24) is 9.97 Å². The highest BCUT2D eigenvalue weighted by Gasteiger charge is 2.14. The van der Waals surface area contributed by atoms with E-state index in [-0.39, 0.29) is 6.04 Å². The van der Waals surface area contributed by atoms with Crippen LogP contribution in [0, 0.1) is 6.92 Å². The molecule has 0 saturated carbocycles. The van der Waals surface area contributed by atoms with E-state index >= 15 is 0 Å². The van der Waals surface area contributed by atoms with Crippen molar-refractivity contribution in [3.8, 4) is 0 Å². The number of nitrogens with one attached hydrogen (secondary N) is 1. The number of anilines is 1. The molecule has 0 aliphatic carbocycles. The van der Waals surface area contributed by atoms with E-state index in [2.05, 4.69) is 22.2 Å². The van der Waals surface area contributed by atoms with Gasteiger partial charge in [0.1, 0.15) is 0 Å². The van der Waals surface area contributed by atoms with Crippen LogP contribution in [0.5, 0.6) is 0 Å². The number of ether oxygens (including phenoxy) is 2. The van der Waals surface area contributed by atoms with Gasteiger partial charge in [-0.15, -0.1) is 0 Å². The second-order valence-electron chi connectivity index (χ2n) is 4.50. The van der Waals surface area contributed by atoms with Gasteiger partial charge in [-0.2, -0.15) is 0 Å². The van der Waals surface area contributed by atoms with Gasteiger partial charge in [0.25, 0.3) is 0 Å². The molecule has 0 bridgehead atoms. The molecule has 1 heterocycles. The summed E-state index contributed by atoms with van der Waals surface area (Å²) < 4.78 is 10.1. The molecule has 1 aromatic rings. The van der Waals surface area contributed by atoms with Crippen LogP contribution >= 0.6 is 0 Å². The maximum absolute atomic E-state index is 11.7. The average Bonchev–Trinajstić information content (AvgIpc) is 2.39. The van der Waals surface area contributed by atoms with E-state index in [0.29, 0.717) is 30.4 Å². The molecule has 20 heavy (non-hydrogen) atoms. The summed E-state index contributed by atoms with van der Waals surface area (Å²) in [5, 5.41) is 3.22. The summed E-state index contributed by atoms with van der Waals surface area (Å²) >= 11 is 0. The molecule has 6 nitrogen and oxygen atoms in total. The average molecular weight is 281 g/mol. The predicted octanol–water partition coefficient (Wildman–Crippen LogP) is 2.19. The van der Waals surface area contributed by atoms with Gasteiger partial charge in [-0.1, -0.05) is 13.3 Å². The Bertz CT molecular complexity index is 432. The van der Waals surface area contributed by atoms with Gasteiger partial charge in [0.15, 0.2) is 0 Å². The van der Waals surface area contributed by atoms with Crippen LogP contribution in [0.4, 0.5) is 5.95 Å². The normalized spacial score (nSPS) is 12.0. The fraction of sp³-hybridized carbons (Fsp3) is 0.643. The Hall–Kier alpha value is -1.69. The number of hydrogen-bond donors (Lipinski definition) is 1. The third-order valence-electron chi connectivity index (χ3n) is 2.81. The summed E-state index contributed by atoms with van der Waals surface area (Å²) in [6.07, 6.45) is 3.51. The van der Waals surface area contributed by atoms with Gasteiger partial charge >= 0.3 is 5.97 Å². The Balaban J connectivity index is 2.77. The van der Waals surface area contributed by atoms with Crippen molar-refractivity contribution >= 4 is 11.9 Å². The number of hydrogen-bond acceptors (Lipinski definition) is 6. The van der Waals surface area contributed by atoms with Crippen LogP contribution in [0.15, 0.2) is 6.20 Å². The standard InChI is InChI=1S/C14H23N3O3/c1-5-7-11(9-19-4)17-14-15-8-12(10(3)16-14)13(18)20-6-2/h8,11H,5-7,9H2,1-4H3,(H,15,16,17). The van der Waals surface area contributed by atoms with Gasteiger partial charge in [-0.25, -0.2) is 14.8 Å². The molecule has 1 unspecified atom stereocenters. The van der Waals surface area contributed by atoms with E-state index in [1.807, 2.05) is 0 Å². The van der Waals surface area contributed by atoms with E-state index < -0.39 is 5.97 Å². The quantitative estimate of drug-likeness (QED) is 0.736. The van der Waals surface area contributed by atoms with Crippen molar-refractivity contribution in [1.29, 1.82) is 0 Å². The first-order valence-electron chi connectivity index (χ1n) is 6.88. The monoisotopic (exact) mass is 281 g/mol. The van der Waals surface area contributed by atoms with Gasteiger partial charge in [0.2, 0.25) is 5.95 Å². The van der Waals surface area contributed by atoms with Crippen LogP contribution in [-0.4, -0.2) is 42.3 Å². The number of esters is 1. The highest BCUT2D eigenvalue weighted by molar-refractivity contribution is 5.90. The number of rotatable bonds is 8. The Labute approximate surface area is 119 Å². The number of carbonyl (C=O) groups is 1. The SMILES string of the molecule is CCCC(COC)Nc1ncc(C(=O)OCC)c(C)n1. The maximum Gasteiger partial charge on any atom is 0.341 e. The van der Waals surface area contributed by atoms with Crippen molar-refractivity contribution in [3.05, 3.63) is 17.5 Å². The lowest BCUT2D eigenvalue weighted by molar-refractivity contribution is 0.0524. The first-order chi connectivity index (χ1) is 9.62. The van der Waals surface area contributed by atoms with Gasteiger partial charge in [0, 0.05) is 13.3 Å². The molecule has 0 aromatic carbocycles. The van der Waals surface area contributed by atoms with Crippen molar-refractivity contribution < 1.29 is 14.3 Å². The molecule has 0 spiro atoms. The molecule has 0 aliphatic rings. The number of aryl methyl sites for hydroxylation is 1. The van der Waals surface area contributed by atoms with Crippen molar-refractivity contribution in [2.45, 2.75) is 39.7 Å². The fourth-order valence-corrected chi connectivity index (χ4v) is 1.88. The summed E-state index contributed by atoms with van der Waals surface area (Å²) in [5.74, 6) is 0.115. The minimum absolute atomic E-state index is 0.165. The van der Waals surface area contributed by atoms with Crippen LogP contribution in [0.2, 0.25) is 0 Å². The smallest absolute Gasteiger partial charge is 0.341 e. The van der Waals surface area contributed by atoms with Crippen LogP contribution in [0.25, 0.3) is 0 Å². The molecule has 1 rings (SSSR count). The van der Waals surface area contributed by atoms with E-state index in [9.17, 15) is 4.79 Å². The largest absolute Gasteiger partial charge is 0.462 e. The van der Waals surface area contributed by atoms with Gasteiger partial charge < -0.3 is 14.8 Å². The maximum atomic E-state index is 11.7. The van der Waals surface area contributed by atoms with Crippen molar-refractivity contribution in [3.63, 3.8) is 0 Å². The minimum Gasteiger partial charge on any atom is -0.462 e. The highest BCUT2D eigenvalue weighted by atomic mass is 16.5. The number of nitrogens with zero attached hydrogens (tertiary/aromatic N) is 2. The number of carbonyl (C=O) groups excluding carboxylic acids is 1. The van der Waals surface area contributed by atoms with Crippen molar-refractivity contribution in [2.75, 3.05) is 25.6 Å². The molecule has 1 N–H and O–H groups in total. The first-order valence-corrected chi connectivity index (χ1v) is 6.88. The molecule has 0 radical (unpaired) electrons. The molecule has 0 saturated heterocycles. The summed E-state index contributed by atoms with van der Waals surface area (Å²) in [5.41, 5.74) is 1.00. The molecule has 0 fully saturated rings. The molecule has 0 amide bonds.